The van der Waals surface area contributed by atoms with E-state index in [4.69, 9.17) is 5.11 Å². The summed E-state index contributed by atoms with van der Waals surface area (Å²) >= 11 is 0. The van der Waals surface area contributed by atoms with Gasteiger partial charge in [0.1, 0.15) is 10.6 Å². The fourth-order valence-corrected chi connectivity index (χ4v) is 4.42. The molecule has 0 spiro atoms. The lowest BCUT2D eigenvalue weighted by atomic mass is 10.2. The second-order valence-corrected chi connectivity index (χ2v) is 8.03. The summed E-state index contributed by atoms with van der Waals surface area (Å²) in [7, 11) is -3.79. The molecule has 3 heterocycles. The smallest absolute Gasteiger partial charge is 0.270 e. The molecule has 27 heavy (non-hydrogen) atoms. The third-order valence-corrected chi connectivity index (χ3v) is 6.08. The van der Waals surface area contributed by atoms with E-state index in [2.05, 4.69) is 14.8 Å². The van der Waals surface area contributed by atoms with E-state index in [0.29, 0.717) is 24.5 Å². The highest BCUT2D eigenvalue weighted by Gasteiger charge is 2.30. The van der Waals surface area contributed by atoms with Crippen molar-refractivity contribution in [3.8, 4) is 0 Å². The number of rotatable bonds is 5. The van der Waals surface area contributed by atoms with Gasteiger partial charge >= 0.3 is 0 Å². The minimum atomic E-state index is -3.79. The number of hydrogen-bond acceptors (Lipinski definition) is 5. The maximum absolute atomic E-state index is 12.9. The summed E-state index contributed by atoms with van der Waals surface area (Å²) in [4.78, 5) is 17.6. The lowest BCUT2D eigenvalue weighted by molar-refractivity contribution is 0.0698. The summed E-state index contributed by atoms with van der Waals surface area (Å²) in [5.41, 5.74) is 1.79. The van der Waals surface area contributed by atoms with Crippen LogP contribution in [0.15, 0.2) is 41.4 Å². The summed E-state index contributed by atoms with van der Waals surface area (Å²) < 4.78 is 28.7. The molecule has 9 nitrogen and oxygen atoms in total. The second-order valence-electron chi connectivity index (χ2n) is 6.30. The number of H-pyrrole nitrogens is 1. The van der Waals surface area contributed by atoms with Crippen molar-refractivity contribution in [2.45, 2.75) is 18.0 Å². The number of aliphatic hydroxyl groups is 1. The third kappa shape index (κ3) is 3.22. The van der Waals surface area contributed by atoms with Crippen LogP contribution in [0, 0.1) is 0 Å². The van der Waals surface area contributed by atoms with Crippen molar-refractivity contribution in [3.05, 3.63) is 47.9 Å². The number of para-hydroxylation sites is 1. The van der Waals surface area contributed by atoms with E-state index in [-0.39, 0.29) is 30.5 Å². The number of fused-ring (bicyclic) bond motifs is 2. The van der Waals surface area contributed by atoms with Gasteiger partial charge in [-0.05, 0) is 12.1 Å². The van der Waals surface area contributed by atoms with Crippen molar-refractivity contribution in [2.75, 3.05) is 19.7 Å². The maximum Gasteiger partial charge on any atom is 0.270 e. The van der Waals surface area contributed by atoms with Gasteiger partial charge in [0, 0.05) is 24.0 Å². The van der Waals surface area contributed by atoms with E-state index >= 15 is 0 Å². The van der Waals surface area contributed by atoms with Gasteiger partial charge in [0.25, 0.3) is 5.91 Å². The van der Waals surface area contributed by atoms with Crippen LogP contribution < -0.4 is 4.72 Å². The number of nitrogens with zero attached hydrogens (tertiary/aromatic N) is 3. The van der Waals surface area contributed by atoms with E-state index in [0.717, 1.165) is 10.9 Å². The van der Waals surface area contributed by atoms with Crippen LogP contribution in [-0.2, 0) is 23.1 Å². The second kappa shape index (κ2) is 6.80. The molecule has 3 N–H and O–H groups in total. The van der Waals surface area contributed by atoms with Crippen LogP contribution in [0.5, 0.6) is 0 Å². The highest BCUT2D eigenvalue weighted by Crippen LogP contribution is 2.23. The van der Waals surface area contributed by atoms with Crippen molar-refractivity contribution >= 4 is 26.8 Å². The summed E-state index contributed by atoms with van der Waals surface area (Å²) in [5, 5.41) is 13.9. The van der Waals surface area contributed by atoms with Gasteiger partial charge in [0.15, 0.2) is 0 Å². The van der Waals surface area contributed by atoms with Crippen molar-refractivity contribution in [3.63, 3.8) is 0 Å². The maximum atomic E-state index is 12.9. The molecule has 0 fully saturated rings. The number of amides is 1. The Morgan fingerprint density at radius 2 is 2.11 bits per heavy atom. The van der Waals surface area contributed by atoms with Crippen molar-refractivity contribution in [1.29, 1.82) is 0 Å². The van der Waals surface area contributed by atoms with Gasteiger partial charge in [0.2, 0.25) is 10.0 Å². The Morgan fingerprint density at radius 1 is 1.30 bits per heavy atom. The molecule has 10 heteroatoms. The van der Waals surface area contributed by atoms with E-state index in [1.54, 1.807) is 15.6 Å². The molecule has 1 aromatic carbocycles. The fraction of sp³-hybridized carbons (Fsp3) is 0.294. The number of carbonyl (C=O) groups excluding carboxylic acids is 1. The molecule has 0 saturated carbocycles. The van der Waals surface area contributed by atoms with Gasteiger partial charge in [0.05, 0.1) is 31.6 Å². The van der Waals surface area contributed by atoms with Gasteiger partial charge in [-0.1, -0.05) is 18.2 Å². The van der Waals surface area contributed by atoms with Crippen molar-refractivity contribution in [1.82, 2.24) is 24.4 Å². The number of nitrogens with one attached hydrogen (secondary N) is 2. The molecule has 3 aromatic rings. The minimum Gasteiger partial charge on any atom is -0.395 e. The molecule has 0 aliphatic carbocycles. The zero-order valence-corrected chi connectivity index (χ0v) is 15.2. The predicted molar refractivity (Wildman–Crippen MR) is 97.5 cm³/mol. The van der Waals surface area contributed by atoms with Gasteiger partial charge in [-0.3, -0.25) is 9.48 Å². The molecule has 2 aromatic heterocycles. The topological polar surface area (TPSA) is 120 Å². The first-order chi connectivity index (χ1) is 13.0. The summed E-state index contributed by atoms with van der Waals surface area (Å²) in [6.45, 7) is 0.616. The predicted octanol–water partition coefficient (Wildman–Crippen LogP) is 0.291. The monoisotopic (exact) mass is 389 g/mol. The van der Waals surface area contributed by atoms with Crippen molar-refractivity contribution < 1.29 is 18.3 Å². The molecule has 1 aliphatic rings. The number of aromatic nitrogens is 3. The first-order valence-corrected chi connectivity index (χ1v) is 10.00. The van der Waals surface area contributed by atoms with Crippen LogP contribution in [0.25, 0.3) is 10.9 Å². The fourth-order valence-electron chi connectivity index (χ4n) is 3.24. The third-order valence-electron chi connectivity index (χ3n) is 4.57. The first kappa shape index (κ1) is 17.7. The Balaban J connectivity index is 1.61. The quantitative estimate of drug-likeness (QED) is 0.579. The van der Waals surface area contributed by atoms with Crippen LogP contribution in [0.4, 0.5) is 0 Å². The lowest BCUT2D eigenvalue weighted by Crippen LogP contribution is -2.39. The minimum absolute atomic E-state index is 0.0325. The lowest BCUT2D eigenvalue weighted by Gasteiger charge is -2.28. The van der Waals surface area contributed by atoms with Crippen LogP contribution in [0.1, 0.15) is 16.2 Å². The standard InChI is InChI=1S/C17H19N5O4S/c23-8-5-19-27(25,26)16-10-18-22-7-6-21(11-15(16)22)17(24)14-9-12-3-1-2-4-13(12)20-14/h1-4,9-10,19-20,23H,5-8,11H2. The molecule has 142 valence electrons. The molecular formula is C17H19N5O4S. The Hall–Kier alpha value is -2.69. The van der Waals surface area contributed by atoms with Crippen molar-refractivity contribution in [2.24, 2.45) is 0 Å². The zero-order valence-electron chi connectivity index (χ0n) is 14.4. The molecular weight excluding hydrogens is 370 g/mol. The number of sulfonamides is 1. The molecule has 0 saturated heterocycles. The molecule has 0 radical (unpaired) electrons. The molecule has 1 amide bonds. The number of carbonyl (C=O) groups is 1. The number of aromatic amines is 1. The Labute approximate surface area is 155 Å². The highest BCUT2D eigenvalue weighted by atomic mass is 32.2. The van der Waals surface area contributed by atoms with Crippen LogP contribution in [0.2, 0.25) is 0 Å². The first-order valence-electron chi connectivity index (χ1n) is 8.52. The number of hydrogen-bond donors (Lipinski definition) is 3. The summed E-state index contributed by atoms with van der Waals surface area (Å²) in [5.74, 6) is -0.190. The van der Waals surface area contributed by atoms with E-state index in [9.17, 15) is 13.2 Å². The van der Waals surface area contributed by atoms with E-state index < -0.39 is 10.0 Å². The molecule has 1 aliphatic heterocycles. The normalized spacial score (nSPS) is 14.5. The number of benzene rings is 1. The van der Waals surface area contributed by atoms with Crippen LogP contribution in [0.3, 0.4) is 0 Å². The molecule has 0 unspecified atom stereocenters. The average molecular weight is 389 g/mol. The Morgan fingerprint density at radius 3 is 2.89 bits per heavy atom. The summed E-state index contributed by atoms with van der Waals surface area (Å²) in [6.07, 6.45) is 1.28. The van der Waals surface area contributed by atoms with Gasteiger partial charge in [-0.2, -0.15) is 5.10 Å². The Kier molecular flexibility index (Phi) is 4.46. The van der Waals surface area contributed by atoms with Crippen LogP contribution >= 0.6 is 0 Å². The number of aliphatic hydroxyl groups excluding tert-OH is 1. The SMILES string of the molecule is O=C(c1cc2ccccc2[nH]1)N1CCn2ncc(S(=O)(=O)NCCO)c2C1. The van der Waals surface area contributed by atoms with Gasteiger partial charge in [-0.25, -0.2) is 13.1 Å². The molecule has 0 atom stereocenters. The summed E-state index contributed by atoms with van der Waals surface area (Å²) in [6, 6.07) is 9.41. The van der Waals surface area contributed by atoms with Gasteiger partial charge in [-0.15, -0.1) is 0 Å². The van der Waals surface area contributed by atoms with E-state index in [1.807, 2.05) is 24.3 Å². The molecule has 0 bridgehead atoms. The van der Waals surface area contributed by atoms with Gasteiger partial charge < -0.3 is 15.0 Å². The highest BCUT2D eigenvalue weighted by molar-refractivity contribution is 7.89. The average Bonchev–Trinajstić information content (AvgIpc) is 3.29. The van der Waals surface area contributed by atoms with Crippen LogP contribution in [-0.4, -0.2) is 58.8 Å². The zero-order chi connectivity index (χ0) is 19.0. The van der Waals surface area contributed by atoms with E-state index in [1.165, 1.54) is 6.20 Å². The molecule has 4 rings (SSSR count). The Bertz CT molecular complexity index is 1070. The largest absolute Gasteiger partial charge is 0.395 e.